The van der Waals surface area contributed by atoms with Crippen LogP contribution in [-0.4, -0.2) is 19.3 Å². The summed E-state index contributed by atoms with van der Waals surface area (Å²) < 4.78 is 5.34. The van der Waals surface area contributed by atoms with Gasteiger partial charge in [0.15, 0.2) is 0 Å². The first kappa shape index (κ1) is 12.0. The highest BCUT2D eigenvalue weighted by atomic mass is 16.5. The Morgan fingerprint density at radius 2 is 1.86 bits per heavy atom. The van der Waals surface area contributed by atoms with E-state index in [1.54, 1.807) is 0 Å². The predicted molar refractivity (Wildman–Crippen MR) is 60.2 cm³/mol. The van der Waals surface area contributed by atoms with E-state index in [0.29, 0.717) is 6.04 Å². The molecule has 1 heterocycles. The average molecular weight is 199 g/mol. The molecular weight excluding hydrogens is 174 g/mol. The molecule has 1 rings (SSSR count). The molecule has 2 N–H and O–H groups in total. The van der Waals surface area contributed by atoms with Crippen molar-refractivity contribution in [2.45, 2.75) is 52.0 Å². The van der Waals surface area contributed by atoms with E-state index in [0.717, 1.165) is 25.0 Å². The molecule has 84 valence electrons. The van der Waals surface area contributed by atoms with Gasteiger partial charge < -0.3 is 10.5 Å². The maximum Gasteiger partial charge on any atom is 0.0468 e. The molecule has 0 radical (unpaired) electrons. The molecule has 0 spiro atoms. The first-order valence-corrected chi connectivity index (χ1v) is 6.01. The minimum atomic E-state index is 0.417. The summed E-state index contributed by atoms with van der Waals surface area (Å²) in [6, 6.07) is 0.417. The van der Waals surface area contributed by atoms with Gasteiger partial charge in [-0.3, -0.25) is 0 Å². The van der Waals surface area contributed by atoms with E-state index < -0.39 is 0 Å². The first-order valence-electron chi connectivity index (χ1n) is 6.01. The van der Waals surface area contributed by atoms with Crippen LogP contribution in [-0.2, 0) is 4.74 Å². The summed E-state index contributed by atoms with van der Waals surface area (Å²) in [6.07, 6.45) is 6.10. The summed E-state index contributed by atoms with van der Waals surface area (Å²) in [6.45, 7) is 6.42. The minimum absolute atomic E-state index is 0.417. The molecule has 14 heavy (non-hydrogen) atoms. The highest BCUT2D eigenvalue weighted by Crippen LogP contribution is 2.21. The van der Waals surface area contributed by atoms with Gasteiger partial charge >= 0.3 is 0 Å². The van der Waals surface area contributed by atoms with Gasteiger partial charge in [-0.25, -0.2) is 0 Å². The molecule has 0 amide bonds. The fourth-order valence-corrected chi connectivity index (χ4v) is 2.08. The van der Waals surface area contributed by atoms with Crippen molar-refractivity contribution in [2.24, 2.45) is 17.6 Å². The molecule has 0 aliphatic carbocycles. The second kappa shape index (κ2) is 6.41. The summed E-state index contributed by atoms with van der Waals surface area (Å²) in [5.41, 5.74) is 6.11. The lowest BCUT2D eigenvalue weighted by Crippen LogP contribution is -2.27. The van der Waals surface area contributed by atoms with Gasteiger partial charge in [0.1, 0.15) is 0 Å². The fraction of sp³-hybridized carbons (Fsp3) is 1.00. The Hall–Kier alpha value is -0.0800. The molecule has 0 aromatic carbocycles. The number of rotatable bonds is 5. The van der Waals surface area contributed by atoms with Gasteiger partial charge in [-0.2, -0.15) is 0 Å². The highest BCUT2D eigenvalue weighted by Gasteiger charge is 2.16. The molecule has 0 saturated carbocycles. The molecule has 0 aromatic heterocycles. The lowest BCUT2D eigenvalue weighted by atomic mass is 9.90. The Morgan fingerprint density at radius 1 is 1.21 bits per heavy atom. The molecule has 1 unspecified atom stereocenters. The summed E-state index contributed by atoms with van der Waals surface area (Å²) in [4.78, 5) is 0. The average Bonchev–Trinajstić information content (AvgIpc) is 2.16. The van der Waals surface area contributed by atoms with Gasteiger partial charge in [0.25, 0.3) is 0 Å². The highest BCUT2D eigenvalue weighted by molar-refractivity contribution is 4.71. The second-order valence-electron chi connectivity index (χ2n) is 5.02. The largest absolute Gasteiger partial charge is 0.381 e. The molecular formula is C12H25NO. The van der Waals surface area contributed by atoms with E-state index in [1.165, 1.54) is 32.1 Å². The predicted octanol–water partition coefficient (Wildman–Crippen LogP) is 2.57. The van der Waals surface area contributed by atoms with Crippen LogP contribution in [0, 0.1) is 11.8 Å². The molecule has 2 nitrogen and oxygen atoms in total. The second-order valence-corrected chi connectivity index (χ2v) is 5.02. The molecule has 1 saturated heterocycles. The van der Waals surface area contributed by atoms with Crippen molar-refractivity contribution >= 4 is 0 Å². The molecule has 1 atom stereocenters. The maximum atomic E-state index is 6.11. The number of hydrogen-bond acceptors (Lipinski definition) is 2. The maximum absolute atomic E-state index is 6.11. The third-order valence-corrected chi connectivity index (χ3v) is 3.09. The van der Waals surface area contributed by atoms with Crippen LogP contribution < -0.4 is 5.73 Å². The zero-order chi connectivity index (χ0) is 10.4. The Kier molecular flexibility index (Phi) is 5.49. The zero-order valence-electron chi connectivity index (χ0n) is 9.67. The SMILES string of the molecule is CC(C)CCC(N)CC1CCOCC1. The zero-order valence-corrected chi connectivity index (χ0v) is 9.67. The lowest BCUT2D eigenvalue weighted by molar-refractivity contribution is 0.0614. The number of ether oxygens (including phenoxy) is 1. The lowest BCUT2D eigenvalue weighted by Gasteiger charge is -2.25. The summed E-state index contributed by atoms with van der Waals surface area (Å²) in [5.74, 6) is 1.61. The van der Waals surface area contributed by atoms with Crippen molar-refractivity contribution in [3.63, 3.8) is 0 Å². The van der Waals surface area contributed by atoms with Gasteiger partial charge in [0, 0.05) is 19.3 Å². The van der Waals surface area contributed by atoms with E-state index >= 15 is 0 Å². The van der Waals surface area contributed by atoms with E-state index in [2.05, 4.69) is 13.8 Å². The van der Waals surface area contributed by atoms with E-state index in [1.807, 2.05) is 0 Å². The van der Waals surface area contributed by atoms with Gasteiger partial charge in [0.2, 0.25) is 0 Å². The van der Waals surface area contributed by atoms with Gasteiger partial charge in [-0.05, 0) is 43.9 Å². The van der Waals surface area contributed by atoms with Crippen LogP contribution in [0.1, 0.15) is 46.0 Å². The number of hydrogen-bond donors (Lipinski definition) is 1. The van der Waals surface area contributed by atoms with Crippen molar-refractivity contribution in [1.29, 1.82) is 0 Å². The molecule has 2 heteroatoms. The number of nitrogens with two attached hydrogens (primary N) is 1. The van der Waals surface area contributed by atoms with Crippen molar-refractivity contribution in [2.75, 3.05) is 13.2 Å². The first-order chi connectivity index (χ1) is 6.68. The smallest absolute Gasteiger partial charge is 0.0468 e. The van der Waals surface area contributed by atoms with Crippen LogP contribution in [0.3, 0.4) is 0 Å². The fourth-order valence-electron chi connectivity index (χ4n) is 2.08. The van der Waals surface area contributed by atoms with Crippen LogP contribution >= 0.6 is 0 Å². The Bertz CT molecular complexity index is 141. The van der Waals surface area contributed by atoms with Crippen molar-refractivity contribution in [1.82, 2.24) is 0 Å². The molecule has 1 aliphatic rings. The normalized spacial score (nSPS) is 21.4. The minimum Gasteiger partial charge on any atom is -0.381 e. The van der Waals surface area contributed by atoms with E-state index in [9.17, 15) is 0 Å². The Labute approximate surface area is 88.2 Å². The molecule has 1 fully saturated rings. The van der Waals surface area contributed by atoms with E-state index in [-0.39, 0.29) is 0 Å². The van der Waals surface area contributed by atoms with Gasteiger partial charge in [0.05, 0.1) is 0 Å². The molecule has 0 aromatic rings. The van der Waals surface area contributed by atoms with E-state index in [4.69, 9.17) is 10.5 Å². The van der Waals surface area contributed by atoms with Crippen LogP contribution in [0.25, 0.3) is 0 Å². The van der Waals surface area contributed by atoms with Crippen molar-refractivity contribution < 1.29 is 4.74 Å². The molecule has 1 aliphatic heterocycles. The van der Waals surface area contributed by atoms with Crippen molar-refractivity contribution in [3.8, 4) is 0 Å². The van der Waals surface area contributed by atoms with Crippen molar-refractivity contribution in [3.05, 3.63) is 0 Å². The standard InChI is InChI=1S/C12H25NO/c1-10(2)3-4-12(13)9-11-5-7-14-8-6-11/h10-12H,3-9,13H2,1-2H3. The van der Waals surface area contributed by atoms with Crippen LogP contribution in [0.2, 0.25) is 0 Å². The van der Waals surface area contributed by atoms with Gasteiger partial charge in [-0.1, -0.05) is 13.8 Å². The van der Waals surface area contributed by atoms with Crippen LogP contribution in [0.5, 0.6) is 0 Å². The van der Waals surface area contributed by atoms with Crippen LogP contribution in [0.15, 0.2) is 0 Å². The summed E-state index contributed by atoms with van der Waals surface area (Å²) in [5, 5.41) is 0. The quantitative estimate of drug-likeness (QED) is 0.738. The summed E-state index contributed by atoms with van der Waals surface area (Å²) in [7, 11) is 0. The monoisotopic (exact) mass is 199 g/mol. The topological polar surface area (TPSA) is 35.2 Å². The third kappa shape index (κ3) is 4.97. The Balaban J connectivity index is 2.09. The van der Waals surface area contributed by atoms with Gasteiger partial charge in [-0.15, -0.1) is 0 Å². The Morgan fingerprint density at radius 3 is 2.43 bits per heavy atom. The third-order valence-electron chi connectivity index (χ3n) is 3.09. The summed E-state index contributed by atoms with van der Waals surface area (Å²) >= 11 is 0. The van der Waals surface area contributed by atoms with Crippen LogP contribution in [0.4, 0.5) is 0 Å². The molecule has 0 bridgehead atoms.